The zero-order chi connectivity index (χ0) is 30.0. The van der Waals surface area contributed by atoms with Crippen LogP contribution in [0.15, 0.2) is 18.2 Å². The van der Waals surface area contributed by atoms with Gasteiger partial charge in [-0.15, -0.1) is 0 Å². The molecular weight excluding hydrogens is 534 g/mol. The number of benzene rings is 2. The Hall–Kier alpha value is -3.35. The van der Waals surface area contributed by atoms with E-state index in [0.29, 0.717) is 0 Å². The molecule has 11 nitrogen and oxygen atoms in total. The Morgan fingerprint density at radius 3 is 2.44 bits per heavy atom. The zero-order valence-electron chi connectivity index (χ0n) is 23.6. The number of hydrogen-bond donors (Lipinski definition) is 5. The Labute approximate surface area is 237 Å². The normalized spacial score (nSPS) is 29.1. The highest BCUT2D eigenvalue weighted by molar-refractivity contribution is 6.31. The number of methoxy groups -OCH3 is 1. The van der Waals surface area contributed by atoms with Crippen LogP contribution in [0.3, 0.4) is 0 Å². The Morgan fingerprint density at radius 2 is 1.80 bits per heavy atom. The van der Waals surface area contributed by atoms with Gasteiger partial charge in [0.1, 0.15) is 22.8 Å². The maximum Gasteiger partial charge on any atom is 0.202 e. The number of carbonyl (C=O) groups is 3. The molecule has 1 fully saturated rings. The van der Waals surface area contributed by atoms with E-state index in [9.17, 15) is 34.8 Å². The summed E-state index contributed by atoms with van der Waals surface area (Å²) in [7, 11) is 1.35. The van der Waals surface area contributed by atoms with E-state index in [-0.39, 0.29) is 46.9 Å². The lowest BCUT2D eigenvalue weighted by molar-refractivity contribution is -0.250. The number of nitrogens with one attached hydrogen (secondary N) is 1. The van der Waals surface area contributed by atoms with Crippen LogP contribution in [-0.2, 0) is 20.7 Å². The van der Waals surface area contributed by atoms with Crippen molar-refractivity contribution in [2.75, 3.05) is 7.11 Å². The van der Waals surface area contributed by atoms with Crippen molar-refractivity contribution in [2.45, 2.75) is 89.2 Å². The second kappa shape index (κ2) is 10.5. The van der Waals surface area contributed by atoms with Crippen molar-refractivity contribution >= 4 is 17.3 Å². The summed E-state index contributed by atoms with van der Waals surface area (Å²) in [5.41, 5.74) is -2.94. The second-order valence-corrected chi connectivity index (χ2v) is 11.4. The SMILES string of the molecule is COc1cccc2c1C(=O)c1c(O)c3c(c(O)c1C2=O)C[C@@](O)(C(C)=O)CC3O[C@H]1CC(NC(C)C)C(O)C(C)O1. The highest BCUT2D eigenvalue weighted by Gasteiger charge is 2.49. The lowest BCUT2D eigenvalue weighted by Gasteiger charge is -2.43. The number of phenols is 2. The average Bonchev–Trinajstić information content (AvgIpc) is 2.91. The monoisotopic (exact) mass is 569 g/mol. The molecule has 2 aromatic carbocycles. The molecule has 1 saturated heterocycles. The Balaban J connectivity index is 1.64. The number of aliphatic hydroxyl groups excluding tert-OH is 1. The van der Waals surface area contributed by atoms with Crippen molar-refractivity contribution < 1.29 is 49.0 Å². The molecule has 0 bridgehead atoms. The van der Waals surface area contributed by atoms with Gasteiger partial charge in [0.2, 0.25) is 5.78 Å². The van der Waals surface area contributed by atoms with Gasteiger partial charge in [-0.05, 0) is 19.9 Å². The molecule has 5 N–H and O–H groups in total. The van der Waals surface area contributed by atoms with Gasteiger partial charge in [0.15, 0.2) is 17.9 Å². The van der Waals surface area contributed by atoms with Gasteiger partial charge in [-0.3, -0.25) is 14.4 Å². The van der Waals surface area contributed by atoms with E-state index in [1.807, 2.05) is 13.8 Å². The lowest BCUT2D eigenvalue weighted by Crippen LogP contribution is -2.55. The topological polar surface area (TPSA) is 172 Å². The molecule has 4 unspecified atom stereocenters. The van der Waals surface area contributed by atoms with E-state index in [2.05, 4.69) is 5.32 Å². The van der Waals surface area contributed by atoms with Crippen molar-refractivity contribution in [2.24, 2.45) is 0 Å². The molecule has 3 aliphatic rings. The number of hydrogen-bond acceptors (Lipinski definition) is 11. The molecule has 0 aromatic heterocycles. The van der Waals surface area contributed by atoms with Gasteiger partial charge in [-0.2, -0.15) is 0 Å². The molecule has 0 saturated carbocycles. The summed E-state index contributed by atoms with van der Waals surface area (Å²) in [6, 6.07) is 4.13. The Bertz CT molecular complexity index is 1440. The third kappa shape index (κ3) is 4.71. The van der Waals surface area contributed by atoms with Crippen LogP contribution in [0.2, 0.25) is 0 Å². The fraction of sp³-hybridized carbons (Fsp3) is 0.500. The average molecular weight is 570 g/mol. The molecule has 0 radical (unpaired) electrons. The molecule has 6 atom stereocenters. The fourth-order valence-corrected chi connectivity index (χ4v) is 6.22. The largest absolute Gasteiger partial charge is 0.507 e. The number of ether oxygens (including phenoxy) is 3. The number of aliphatic hydroxyl groups is 2. The quantitative estimate of drug-likeness (QED) is 0.275. The summed E-state index contributed by atoms with van der Waals surface area (Å²) < 4.78 is 17.5. The van der Waals surface area contributed by atoms with Gasteiger partial charge in [0.05, 0.1) is 42.1 Å². The third-order valence-corrected chi connectivity index (χ3v) is 8.30. The number of rotatable bonds is 6. The summed E-state index contributed by atoms with van der Waals surface area (Å²) in [6.07, 6.45) is -4.11. The minimum atomic E-state index is -1.99. The van der Waals surface area contributed by atoms with E-state index in [0.717, 1.165) is 0 Å². The van der Waals surface area contributed by atoms with Crippen LogP contribution < -0.4 is 10.1 Å². The van der Waals surface area contributed by atoms with Crippen LogP contribution in [0.4, 0.5) is 0 Å². The molecule has 5 rings (SSSR count). The predicted molar refractivity (Wildman–Crippen MR) is 144 cm³/mol. The number of fused-ring (bicyclic) bond motifs is 3. The fourth-order valence-electron chi connectivity index (χ4n) is 6.22. The standard InChI is InChI=1S/C30H35NO10/c1-12(2)31-17-9-20(40-13(3)25(17)33)41-19-11-30(38,14(4)32)10-16-22(19)29(37)24-23(27(16)35)26(34)15-7-6-8-18(39-5)21(15)28(24)36/h6-8,12-13,17,19-20,25,31,33,35,37-38H,9-11H2,1-5H3/t13?,17?,19?,20-,25?,30-/m0/s1. The molecule has 0 amide bonds. The molecule has 2 aliphatic carbocycles. The summed E-state index contributed by atoms with van der Waals surface area (Å²) in [6.45, 7) is 6.75. The number of carbonyl (C=O) groups excluding carboxylic acids is 3. The second-order valence-electron chi connectivity index (χ2n) is 11.4. The van der Waals surface area contributed by atoms with Crippen LogP contribution in [0.1, 0.15) is 89.6 Å². The molecule has 41 heavy (non-hydrogen) atoms. The van der Waals surface area contributed by atoms with E-state index < -0.39 is 82.6 Å². The molecule has 0 spiro atoms. The summed E-state index contributed by atoms with van der Waals surface area (Å²) in [5.74, 6) is -3.09. The zero-order valence-corrected chi connectivity index (χ0v) is 23.6. The minimum Gasteiger partial charge on any atom is -0.507 e. The van der Waals surface area contributed by atoms with Crippen molar-refractivity contribution in [3.05, 3.63) is 51.6 Å². The Morgan fingerprint density at radius 1 is 1.12 bits per heavy atom. The smallest absolute Gasteiger partial charge is 0.202 e. The van der Waals surface area contributed by atoms with Crippen LogP contribution in [0.25, 0.3) is 0 Å². The van der Waals surface area contributed by atoms with Crippen molar-refractivity contribution in [1.82, 2.24) is 5.32 Å². The molecule has 2 aromatic rings. The first-order valence-corrected chi connectivity index (χ1v) is 13.6. The van der Waals surface area contributed by atoms with Crippen molar-refractivity contribution in [1.29, 1.82) is 0 Å². The maximum atomic E-state index is 13.7. The molecule has 1 aliphatic heterocycles. The first kappa shape index (κ1) is 29.2. The summed E-state index contributed by atoms with van der Waals surface area (Å²) in [4.78, 5) is 39.9. The van der Waals surface area contributed by atoms with Gasteiger partial charge in [-0.25, -0.2) is 0 Å². The van der Waals surface area contributed by atoms with Gasteiger partial charge in [-0.1, -0.05) is 26.0 Å². The van der Waals surface area contributed by atoms with E-state index in [1.54, 1.807) is 6.92 Å². The third-order valence-electron chi connectivity index (χ3n) is 8.30. The Kier molecular flexibility index (Phi) is 7.46. The lowest BCUT2D eigenvalue weighted by atomic mass is 9.72. The van der Waals surface area contributed by atoms with Gasteiger partial charge in [0.25, 0.3) is 0 Å². The number of phenolic OH excluding ortho intramolecular Hbond substituents is 2. The highest BCUT2D eigenvalue weighted by Crippen LogP contribution is 2.52. The molecule has 11 heteroatoms. The molecular formula is C30H35NO10. The van der Waals surface area contributed by atoms with Crippen LogP contribution in [0, 0.1) is 0 Å². The van der Waals surface area contributed by atoms with Gasteiger partial charge in [0, 0.05) is 48.0 Å². The van der Waals surface area contributed by atoms with Crippen LogP contribution >= 0.6 is 0 Å². The summed E-state index contributed by atoms with van der Waals surface area (Å²) >= 11 is 0. The number of ketones is 3. The summed E-state index contributed by atoms with van der Waals surface area (Å²) in [5, 5.41) is 48.3. The van der Waals surface area contributed by atoms with Crippen molar-refractivity contribution in [3.63, 3.8) is 0 Å². The van der Waals surface area contributed by atoms with Gasteiger partial charge >= 0.3 is 0 Å². The predicted octanol–water partition coefficient (Wildman–Crippen LogP) is 2.07. The highest BCUT2D eigenvalue weighted by atomic mass is 16.7. The van der Waals surface area contributed by atoms with Crippen LogP contribution in [0.5, 0.6) is 17.2 Å². The first-order valence-electron chi connectivity index (χ1n) is 13.6. The van der Waals surface area contributed by atoms with E-state index in [4.69, 9.17) is 14.2 Å². The van der Waals surface area contributed by atoms with Gasteiger partial charge < -0.3 is 40.0 Å². The molecule has 1 heterocycles. The molecule has 220 valence electrons. The number of Topliss-reactive ketones (excluding diaryl/α,β-unsaturated/α-hetero) is 1. The van der Waals surface area contributed by atoms with Crippen LogP contribution in [-0.4, -0.2) is 81.1 Å². The van der Waals surface area contributed by atoms with E-state index in [1.165, 1.54) is 32.2 Å². The minimum absolute atomic E-state index is 0.00576. The maximum absolute atomic E-state index is 13.7. The van der Waals surface area contributed by atoms with Crippen molar-refractivity contribution in [3.8, 4) is 17.2 Å². The van der Waals surface area contributed by atoms with E-state index >= 15 is 0 Å². The number of aromatic hydroxyl groups is 2. The first-order chi connectivity index (χ1) is 19.3.